The van der Waals surface area contributed by atoms with Gasteiger partial charge in [-0.15, -0.1) is 0 Å². The zero-order chi connectivity index (χ0) is 19.6. The second-order valence-electron chi connectivity index (χ2n) is 5.86. The molecule has 0 spiro atoms. The van der Waals surface area contributed by atoms with Crippen molar-refractivity contribution in [3.63, 3.8) is 0 Å². The fourth-order valence-corrected chi connectivity index (χ4v) is 3.09. The Balaban J connectivity index is 1.99. The van der Waals surface area contributed by atoms with E-state index >= 15 is 0 Å². The largest absolute Gasteiger partial charge is 0.351 e. The highest BCUT2D eigenvalue weighted by Gasteiger charge is 2.31. The molecule has 0 aromatic heterocycles. The van der Waals surface area contributed by atoms with Crippen LogP contribution in [-0.2, 0) is 4.79 Å². The molecule has 138 valence electrons. The number of carbonyl (C=O) groups is 1. The van der Waals surface area contributed by atoms with E-state index in [4.69, 9.17) is 12.2 Å². The summed E-state index contributed by atoms with van der Waals surface area (Å²) >= 11 is 5.15. The van der Waals surface area contributed by atoms with E-state index in [9.17, 15) is 19.3 Å². The van der Waals surface area contributed by atoms with Crippen LogP contribution in [0.5, 0.6) is 0 Å². The number of benzene rings is 2. The fourth-order valence-electron chi connectivity index (χ4n) is 2.82. The summed E-state index contributed by atoms with van der Waals surface area (Å²) in [5.41, 5.74) is 1.15. The first-order chi connectivity index (χ1) is 12.9. The van der Waals surface area contributed by atoms with Crippen molar-refractivity contribution < 1.29 is 14.1 Å². The number of thiocarbonyl (C=S) groups is 1. The Hall–Kier alpha value is -3.33. The number of anilines is 1. The second kappa shape index (κ2) is 7.50. The van der Waals surface area contributed by atoms with Crippen molar-refractivity contribution in [1.29, 1.82) is 0 Å². The number of nitro groups is 1. The molecule has 0 fully saturated rings. The van der Waals surface area contributed by atoms with Crippen molar-refractivity contribution in [2.45, 2.75) is 13.0 Å². The van der Waals surface area contributed by atoms with Gasteiger partial charge in [-0.2, -0.15) is 0 Å². The molecule has 0 aliphatic carbocycles. The third-order valence-electron chi connectivity index (χ3n) is 4.05. The molecule has 0 saturated carbocycles. The van der Waals surface area contributed by atoms with Gasteiger partial charge in [-0.25, -0.2) is 4.39 Å². The van der Waals surface area contributed by atoms with Crippen LogP contribution in [-0.4, -0.2) is 15.9 Å². The maximum Gasteiger partial charge on any atom is 0.269 e. The molecular formula is C18H15FN4O3S. The third-order valence-corrected chi connectivity index (χ3v) is 4.27. The summed E-state index contributed by atoms with van der Waals surface area (Å²) in [5.74, 6) is -1.11. The average Bonchev–Trinajstić information content (AvgIpc) is 2.63. The maximum absolute atomic E-state index is 13.9. The fraction of sp³-hybridized carbons (Fsp3) is 0.111. The Bertz CT molecular complexity index is 977. The van der Waals surface area contributed by atoms with Gasteiger partial charge in [-0.3, -0.25) is 14.9 Å². The highest BCUT2D eigenvalue weighted by Crippen LogP contribution is 2.30. The number of hydrogen-bond acceptors (Lipinski definition) is 4. The van der Waals surface area contributed by atoms with Crippen LogP contribution in [0.4, 0.5) is 15.8 Å². The van der Waals surface area contributed by atoms with Gasteiger partial charge < -0.3 is 16.0 Å². The molecular weight excluding hydrogens is 371 g/mol. The van der Waals surface area contributed by atoms with Crippen molar-refractivity contribution in [2.75, 3.05) is 5.32 Å². The number of allylic oxidation sites excluding steroid dienone is 1. The SMILES string of the molecule is CC1=C(C(=O)Nc2ccccc2F)[C@H](c2cccc([N+](=O)[O-])c2)NC(=S)N1. The molecule has 1 heterocycles. The van der Waals surface area contributed by atoms with Crippen molar-refractivity contribution in [3.05, 3.63) is 81.3 Å². The molecule has 3 N–H and O–H groups in total. The van der Waals surface area contributed by atoms with Crippen molar-refractivity contribution in [1.82, 2.24) is 10.6 Å². The topological polar surface area (TPSA) is 96.3 Å². The van der Waals surface area contributed by atoms with Crippen LogP contribution < -0.4 is 16.0 Å². The van der Waals surface area contributed by atoms with Gasteiger partial charge in [0.2, 0.25) is 0 Å². The van der Waals surface area contributed by atoms with Crippen molar-refractivity contribution in [3.8, 4) is 0 Å². The van der Waals surface area contributed by atoms with Gasteiger partial charge >= 0.3 is 0 Å². The van der Waals surface area contributed by atoms with E-state index < -0.39 is 22.7 Å². The number of amides is 1. The van der Waals surface area contributed by atoms with Gasteiger partial charge in [0.05, 0.1) is 22.2 Å². The Morgan fingerprint density at radius 3 is 2.70 bits per heavy atom. The highest BCUT2D eigenvalue weighted by molar-refractivity contribution is 7.80. The van der Waals surface area contributed by atoms with E-state index in [0.717, 1.165) is 0 Å². The first-order valence-electron chi connectivity index (χ1n) is 7.95. The van der Waals surface area contributed by atoms with Gasteiger partial charge in [0, 0.05) is 17.8 Å². The lowest BCUT2D eigenvalue weighted by molar-refractivity contribution is -0.384. The van der Waals surface area contributed by atoms with E-state index in [-0.39, 0.29) is 22.1 Å². The van der Waals surface area contributed by atoms with Crippen LogP contribution in [0.25, 0.3) is 0 Å². The predicted octanol–water partition coefficient (Wildman–Crippen LogP) is 3.17. The number of para-hydroxylation sites is 1. The summed E-state index contributed by atoms with van der Waals surface area (Å²) in [4.78, 5) is 23.4. The van der Waals surface area contributed by atoms with E-state index in [2.05, 4.69) is 16.0 Å². The lowest BCUT2D eigenvalue weighted by atomic mass is 9.94. The molecule has 0 radical (unpaired) electrons. The first-order valence-corrected chi connectivity index (χ1v) is 8.36. The summed E-state index contributed by atoms with van der Waals surface area (Å²) < 4.78 is 13.9. The molecule has 2 aromatic carbocycles. The maximum atomic E-state index is 13.9. The molecule has 0 unspecified atom stereocenters. The smallest absolute Gasteiger partial charge is 0.269 e. The zero-order valence-corrected chi connectivity index (χ0v) is 15.0. The number of nitrogens with one attached hydrogen (secondary N) is 3. The van der Waals surface area contributed by atoms with E-state index in [1.54, 1.807) is 19.1 Å². The molecule has 3 rings (SSSR count). The summed E-state index contributed by atoms with van der Waals surface area (Å²) in [6.07, 6.45) is 0. The van der Waals surface area contributed by atoms with E-state index in [0.29, 0.717) is 11.3 Å². The summed E-state index contributed by atoms with van der Waals surface area (Å²) in [6.45, 7) is 1.66. The van der Waals surface area contributed by atoms with Crippen LogP contribution >= 0.6 is 12.2 Å². The Kier molecular flexibility index (Phi) is 5.13. The van der Waals surface area contributed by atoms with Gasteiger partial charge in [0.1, 0.15) is 5.82 Å². The summed E-state index contributed by atoms with van der Waals surface area (Å²) in [6, 6.07) is 11.0. The minimum Gasteiger partial charge on any atom is -0.351 e. The van der Waals surface area contributed by atoms with Crippen LogP contribution in [0.1, 0.15) is 18.5 Å². The molecule has 0 bridgehead atoms. The van der Waals surface area contributed by atoms with Crippen LogP contribution in [0, 0.1) is 15.9 Å². The number of nitro benzene ring substituents is 1. The predicted molar refractivity (Wildman–Crippen MR) is 102 cm³/mol. The highest BCUT2D eigenvalue weighted by atomic mass is 32.1. The third kappa shape index (κ3) is 3.93. The van der Waals surface area contributed by atoms with E-state index in [1.807, 2.05) is 0 Å². The molecule has 1 atom stereocenters. The standard InChI is InChI=1S/C18H15FN4O3S/c1-10-15(17(24)21-14-8-3-2-7-13(14)19)16(22-18(27)20-10)11-5-4-6-12(9-11)23(25)26/h2-9,16H,1H3,(H,21,24)(H2,20,22,27)/t16-/m0/s1. The number of non-ortho nitro benzene ring substituents is 1. The normalized spacial score (nSPS) is 16.4. The molecule has 1 amide bonds. The molecule has 27 heavy (non-hydrogen) atoms. The minimum absolute atomic E-state index is 0.0359. The average molecular weight is 386 g/mol. The quantitative estimate of drug-likeness (QED) is 0.424. The number of nitrogens with zero attached hydrogens (tertiary/aromatic N) is 1. The van der Waals surface area contributed by atoms with Crippen LogP contribution in [0.2, 0.25) is 0 Å². The summed E-state index contributed by atoms with van der Waals surface area (Å²) in [7, 11) is 0. The molecule has 1 aliphatic rings. The minimum atomic E-state index is -0.717. The lowest BCUT2D eigenvalue weighted by Gasteiger charge is -2.30. The van der Waals surface area contributed by atoms with Gasteiger partial charge in [-0.05, 0) is 36.8 Å². The Morgan fingerprint density at radius 1 is 1.26 bits per heavy atom. The molecule has 7 nitrogen and oxygen atoms in total. The number of hydrogen-bond donors (Lipinski definition) is 3. The molecule has 9 heteroatoms. The molecule has 0 saturated heterocycles. The Labute approximate surface area is 159 Å². The van der Waals surface area contributed by atoms with Gasteiger partial charge in [0.25, 0.3) is 11.6 Å². The number of rotatable bonds is 4. The zero-order valence-electron chi connectivity index (χ0n) is 14.2. The summed E-state index contributed by atoms with van der Waals surface area (Å²) in [5, 5.41) is 19.7. The second-order valence-corrected chi connectivity index (χ2v) is 6.26. The van der Waals surface area contributed by atoms with Gasteiger partial charge in [0.15, 0.2) is 5.11 Å². The number of halogens is 1. The number of carbonyl (C=O) groups excluding carboxylic acids is 1. The van der Waals surface area contributed by atoms with Crippen LogP contribution in [0.3, 0.4) is 0 Å². The molecule has 2 aromatic rings. The van der Waals surface area contributed by atoms with Crippen molar-refractivity contribution in [2.24, 2.45) is 0 Å². The Morgan fingerprint density at radius 2 is 2.00 bits per heavy atom. The van der Waals surface area contributed by atoms with Crippen molar-refractivity contribution >= 4 is 34.6 Å². The molecule has 1 aliphatic heterocycles. The van der Waals surface area contributed by atoms with Gasteiger partial charge in [-0.1, -0.05) is 24.3 Å². The van der Waals surface area contributed by atoms with E-state index in [1.165, 1.54) is 36.4 Å². The van der Waals surface area contributed by atoms with Crippen LogP contribution in [0.15, 0.2) is 59.8 Å². The lowest BCUT2D eigenvalue weighted by Crippen LogP contribution is -2.45. The first kappa shape index (κ1) is 18.5. The monoisotopic (exact) mass is 386 g/mol.